The summed E-state index contributed by atoms with van der Waals surface area (Å²) in [6.07, 6.45) is 1.78. The van der Waals surface area contributed by atoms with Gasteiger partial charge in [-0.1, -0.05) is 48.8 Å². The second kappa shape index (κ2) is 9.51. The molecule has 2 aromatic rings. The Bertz CT molecular complexity index is 898. The molecule has 0 spiro atoms. The number of amides is 3. The van der Waals surface area contributed by atoms with E-state index in [1.807, 2.05) is 13.0 Å². The number of carbonyl (C=O) groups excluding carboxylic acids is 3. The number of aryl methyl sites for hydroxylation is 1. The van der Waals surface area contributed by atoms with Crippen molar-refractivity contribution < 1.29 is 18.9 Å². The van der Waals surface area contributed by atoms with Crippen molar-refractivity contribution in [3.63, 3.8) is 0 Å². The van der Waals surface area contributed by atoms with Gasteiger partial charge < -0.3 is 19.2 Å². The van der Waals surface area contributed by atoms with Crippen molar-refractivity contribution in [2.24, 2.45) is 0 Å². The maximum atomic E-state index is 13.4. The van der Waals surface area contributed by atoms with Gasteiger partial charge in [-0.3, -0.25) is 14.4 Å². The average molecular weight is 413 g/mol. The van der Waals surface area contributed by atoms with E-state index in [4.69, 9.17) is 4.52 Å². The number of aromatic nitrogens is 2. The van der Waals surface area contributed by atoms with Crippen molar-refractivity contribution in [1.29, 1.82) is 0 Å². The Morgan fingerprint density at radius 2 is 1.93 bits per heavy atom. The molecule has 1 aliphatic heterocycles. The van der Waals surface area contributed by atoms with Gasteiger partial charge in [0.15, 0.2) is 5.82 Å². The Labute approximate surface area is 175 Å². The lowest BCUT2D eigenvalue weighted by molar-refractivity contribution is -0.161. The lowest BCUT2D eigenvalue weighted by Gasteiger charge is -2.39. The highest BCUT2D eigenvalue weighted by atomic mass is 16.5. The van der Waals surface area contributed by atoms with Gasteiger partial charge in [0, 0.05) is 26.7 Å². The molecule has 9 heteroatoms. The van der Waals surface area contributed by atoms with Gasteiger partial charge in [-0.15, -0.1) is 0 Å². The van der Waals surface area contributed by atoms with Crippen LogP contribution in [0.5, 0.6) is 0 Å². The third-order valence-corrected chi connectivity index (χ3v) is 5.10. The predicted molar refractivity (Wildman–Crippen MR) is 108 cm³/mol. The number of nitrogens with zero attached hydrogens (tertiary/aromatic N) is 5. The van der Waals surface area contributed by atoms with Crippen molar-refractivity contribution >= 4 is 17.7 Å². The summed E-state index contributed by atoms with van der Waals surface area (Å²) in [5, 5.41) is 3.74. The number of hydrogen-bond acceptors (Lipinski definition) is 6. The molecule has 0 bridgehead atoms. The predicted octanol–water partition coefficient (Wildman–Crippen LogP) is 1.55. The van der Waals surface area contributed by atoms with Crippen LogP contribution in [0.1, 0.15) is 43.1 Å². The first-order valence-electron chi connectivity index (χ1n) is 10.1. The molecule has 160 valence electrons. The van der Waals surface area contributed by atoms with Crippen LogP contribution in [0, 0.1) is 6.92 Å². The fourth-order valence-electron chi connectivity index (χ4n) is 3.48. The first kappa shape index (κ1) is 21.5. The summed E-state index contributed by atoms with van der Waals surface area (Å²) in [6.45, 7) is 5.11. The van der Waals surface area contributed by atoms with E-state index in [2.05, 4.69) is 10.1 Å². The quantitative estimate of drug-likeness (QED) is 0.609. The van der Waals surface area contributed by atoms with E-state index in [1.165, 1.54) is 9.80 Å². The van der Waals surface area contributed by atoms with Crippen LogP contribution in [0.2, 0.25) is 0 Å². The Morgan fingerprint density at radius 3 is 2.57 bits per heavy atom. The normalized spacial score (nSPS) is 15.4. The first-order valence-corrected chi connectivity index (χ1v) is 10.1. The summed E-state index contributed by atoms with van der Waals surface area (Å²) in [4.78, 5) is 47.5. The Hall–Kier alpha value is -3.23. The molecule has 3 amide bonds. The average Bonchev–Trinajstić information content (AvgIpc) is 3.16. The molecule has 1 aliphatic rings. The van der Waals surface area contributed by atoms with Gasteiger partial charge >= 0.3 is 11.8 Å². The van der Waals surface area contributed by atoms with Crippen LogP contribution in [0.4, 0.5) is 0 Å². The van der Waals surface area contributed by atoms with E-state index in [-0.39, 0.29) is 12.5 Å². The fourth-order valence-corrected chi connectivity index (χ4v) is 3.48. The van der Waals surface area contributed by atoms with E-state index in [9.17, 15) is 14.4 Å². The van der Waals surface area contributed by atoms with Crippen LogP contribution in [-0.4, -0.2) is 69.2 Å². The third kappa shape index (κ3) is 4.67. The highest BCUT2D eigenvalue weighted by Gasteiger charge is 2.40. The van der Waals surface area contributed by atoms with Gasteiger partial charge in [-0.05, 0) is 18.9 Å². The standard InChI is InChI=1S/C21H27N5O4/c1-4-5-11-25-12-13-26(21(29)20(25)28)18(16-9-7-6-8-10-16)19(27)24(3)14-17-22-15(2)23-30-17/h6-10,18H,4-5,11-14H2,1-3H3. The second-order valence-electron chi connectivity index (χ2n) is 7.39. The van der Waals surface area contributed by atoms with E-state index in [0.717, 1.165) is 12.8 Å². The molecule has 30 heavy (non-hydrogen) atoms. The molecule has 2 heterocycles. The first-order chi connectivity index (χ1) is 14.4. The smallest absolute Gasteiger partial charge is 0.313 e. The van der Waals surface area contributed by atoms with Crippen LogP contribution in [0.3, 0.4) is 0 Å². The van der Waals surface area contributed by atoms with E-state index in [0.29, 0.717) is 36.9 Å². The largest absolute Gasteiger partial charge is 0.337 e. The van der Waals surface area contributed by atoms with Crippen LogP contribution in [0.25, 0.3) is 0 Å². The van der Waals surface area contributed by atoms with Gasteiger partial charge in [0.25, 0.3) is 0 Å². The van der Waals surface area contributed by atoms with Gasteiger partial charge in [0.2, 0.25) is 11.8 Å². The van der Waals surface area contributed by atoms with Crippen LogP contribution in [-0.2, 0) is 20.9 Å². The van der Waals surface area contributed by atoms with E-state index < -0.39 is 17.9 Å². The lowest BCUT2D eigenvalue weighted by Crippen LogP contribution is -2.57. The summed E-state index contributed by atoms with van der Waals surface area (Å²) < 4.78 is 5.11. The number of piperazine rings is 1. The SMILES string of the molecule is CCCCN1CCN(C(C(=O)N(C)Cc2nc(C)no2)c2ccccc2)C(=O)C1=O. The molecule has 1 aromatic heterocycles. The number of rotatable bonds is 8. The highest BCUT2D eigenvalue weighted by Crippen LogP contribution is 2.26. The molecule has 0 aliphatic carbocycles. The topological polar surface area (TPSA) is 99.8 Å². The number of carbonyl (C=O) groups is 3. The zero-order valence-electron chi connectivity index (χ0n) is 17.6. The van der Waals surface area contributed by atoms with E-state index in [1.54, 1.807) is 43.1 Å². The van der Waals surface area contributed by atoms with Crippen LogP contribution in [0.15, 0.2) is 34.9 Å². The highest BCUT2D eigenvalue weighted by molar-refractivity contribution is 6.35. The summed E-state index contributed by atoms with van der Waals surface area (Å²) in [7, 11) is 1.61. The number of unbranched alkanes of at least 4 members (excludes halogenated alkanes) is 1. The van der Waals surface area contributed by atoms with Gasteiger partial charge in [-0.2, -0.15) is 4.98 Å². The van der Waals surface area contributed by atoms with Crippen molar-refractivity contribution in [1.82, 2.24) is 24.8 Å². The molecular weight excluding hydrogens is 386 g/mol. The molecule has 0 radical (unpaired) electrons. The third-order valence-electron chi connectivity index (χ3n) is 5.10. The minimum Gasteiger partial charge on any atom is -0.337 e. The summed E-state index contributed by atoms with van der Waals surface area (Å²) in [5.41, 5.74) is 0.652. The summed E-state index contributed by atoms with van der Waals surface area (Å²) in [6, 6.07) is 8.13. The Morgan fingerprint density at radius 1 is 1.20 bits per heavy atom. The van der Waals surface area contributed by atoms with Crippen LogP contribution < -0.4 is 0 Å². The fraction of sp³-hybridized carbons (Fsp3) is 0.476. The molecule has 3 rings (SSSR count). The van der Waals surface area contributed by atoms with Crippen molar-refractivity contribution in [2.75, 3.05) is 26.7 Å². The monoisotopic (exact) mass is 413 g/mol. The minimum absolute atomic E-state index is 0.113. The number of likely N-dealkylation sites (N-methyl/N-ethyl adjacent to an activating group) is 1. The Kier molecular flexibility index (Phi) is 6.81. The lowest BCUT2D eigenvalue weighted by atomic mass is 10.0. The summed E-state index contributed by atoms with van der Waals surface area (Å²) in [5.74, 6) is -0.739. The number of hydrogen-bond donors (Lipinski definition) is 0. The molecule has 1 fully saturated rings. The van der Waals surface area contributed by atoms with Gasteiger partial charge in [-0.25, -0.2) is 0 Å². The van der Waals surface area contributed by atoms with Crippen molar-refractivity contribution in [3.05, 3.63) is 47.6 Å². The maximum absolute atomic E-state index is 13.4. The maximum Gasteiger partial charge on any atom is 0.313 e. The minimum atomic E-state index is -0.898. The summed E-state index contributed by atoms with van der Waals surface area (Å²) >= 11 is 0. The number of benzene rings is 1. The zero-order valence-corrected chi connectivity index (χ0v) is 17.6. The molecule has 1 unspecified atom stereocenters. The van der Waals surface area contributed by atoms with Gasteiger partial charge in [0.05, 0.1) is 6.54 Å². The van der Waals surface area contributed by atoms with Crippen molar-refractivity contribution in [2.45, 2.75) is 39.3 Å². The molecule has 1 aromatic carbocycles. The molecule has 1 atom stereocenters. The zero-order chi connectivity index (χ0) is 21.7. The Balaban J connectivity index is 1.83. The molecular formula is C21H27N5O4. The van der Waals surface area contributed by atoms with E-state index >= 15 is 0 Å². The molecule has 9 nitrogen and oxygen atoms in total. The molecule has 0 N–H and O–H groups in total. The second-order valence-corrected chi connectivity index (χ2v) is 7.39. The van der Waals surface area contributed by atoms with Crippen LogP contribution >= 0.6 is 0 Å². The molecule has 1 saturated heterocycles. The van der Waals surface area contributed by atoms with Gasteiger partial charge in [0.1, 0.15) is 6.04 Å². The molecule has 0 saturated carbocycles. The van der Waals surface area contributed by atoms with Crippen molar-refractivity contribution in [3.8, 4) is 0 Å².